The second-order valence-corrected chi connectivity index (χ2v) is 6.42. The van der Waals surface area contributed by atoms with Crippen LogP contribution < -0.4 is 10.0 Å². The first kappa shape index (κ1) is 18.1. The quantitative estimate of drug-likeness (QED) is 0.716. The number of rotatable bonds is 7. The molecule has 122 valence electrons. The SMILES string of the molecule is CC[C@@H](C)NS(=O)(=O)c1ccc(C(=O)OCC(=O)NC)cc1. The molecule has 0 saturated carbocycles. The number of carbonyl (C=O) groups excluding carboxylic acids is 2. The molecule has 0 radical (unpaired) electrons. The highest BCUT2D eigenvalue weighted by molar-refractivity contribution is 7.89. The van der Waals surface area contributed by atoms with E-state index in [9.17, 15) is 18.0 Å². The Morgan fingerprint density at radius 2 is 1.82 bits per heavy atom. The fourth-order valence-electron chi connectivity index (χ4n) is 1.47. The Morgan fingerprint density at radius 3 is 2.32 bits per heavy atom. The fourth-order valence-corrected chi connectivity index (χ4v) is 2.80. The number of ether oxygens (including phenoxy) is 1. The number of carbonyl (C=O) groups is 2. The number of benzene rings is 1. The third-order valence-electron chi connectivity index (χ3n) is 2.98. The van der Waals surface area contributed by atoms with Crippen LogP contribution in [0.25, 0.3) is 0 Å². The van der Waals surface area contributed by atoms with Crippen LogP contribution >= 0.6 is 0 Å². The first-order chi connectivity index (χ1) is 10.3. The lowest BCUT2D eigenvalue weighted by molar-refractivity contribution is -0.123. The van der Waals surface area contributed by atoms with Gasteiger partial charge in [-0.2, -0.15) is 0 Å². The summed E-state index contributed by atoms with van der Waals surface area (Å²) in [6.45, 7) is 3.26. The Hall–Kier alpha value is -1.93. The van der Waals surface area contributed by atoms with Gasteiger partial charge in [-0.15, -0.1) is 0 Å². The summed E-state index contributed by atoms with van der Waals surface area (Å²) in [5.41, 5.74) is 0.173. The van der Waals surface area contributed by atoms with Gasteiger partial charge < -0.3 is 10.1 Å². The Kier molecular flexibility index (Phi) is 6.51. The van der Waals surface area contributed by atoms with Gasteiger partial charge in [0.2, 0.25) is 10.0 Å². The van der Waals surface area contributed by atoms with Gasteiger partial charge in [0.25, 0.3) is 5.91 Å². The highest BCUT2D eigenvalue weighted by Gasteiger charge is 2.17. The molecule has 0 aliphatic heterocycles. The zero-order valence-corrected chi connectivity index (χ0v) is 13.6. The van der Waals surface area contributed by atoms with Crippen LogP contribution in [0, 0.1) is 0 Å². The van der Waals surface area contributed by atoms with Crippen LogP contribution in [0.1, 0.15) is 30.6 Å². The molecule has 1 aromatic rings. The van der Waals surface area contributed by atoms with Crippen LogP contribution in [0.2, 0.25) is 0 Å². The van der Waals surface area contributed by atoms with Crippen LogP contribution in [0.5, 0.6) is 0 Å². The van der Waals surface area contributed by atoms with Crippen molar-refractivity contribution in [2.24, 2.45) is 0 Å². The lowest BCUT2D eigenvalue weighted by Gasteiger charge is -2.12. The van der Waals surface area contributed by atoms with Crippen LogP contribution in [-0.4, -0.2) is 40.0 Å². The zero-order chi connectivity index (χ0) is 16.8. The third-order valence-corrected chi connectivity index (χ3v) is 4.59. The van der Waals surface area contributed by atoms with E-state index in [-0.39, 0.29) is 23.1 Å². The minimum absolute atomic E-state index is 0.0654. The van der Waals surface area contributed by atoms with E-state index in [4.69, 9.17) is 4.74 Å². The normalized spacial score (nSPS) is 12.5. The highest BCUT2D eigenvalue weighted by atomic mass is 32.2. The minimum Gasteiger partial charge on any atom is -0.452 e. The van der Waals surface area contributed by atoms with Gasteiger partial charge in [-0.3, -0.25) is 4.79 Å². The van der Waals surface area contributed by atoms with Gasteiger partial charge in [0.15, 0.2) is 6.61 Å². The smallest absolute Gasteiger partial charge is 0.338 e. The zero-order valence-electron chi connectivity index (χ0n) is 12.8. The van der Waals surface area contributed by atoms with Crippen LogP contribution in [0.15, 0.2) is 29.2 Å². The summed E-state index contributed by atoms with van der Waals surface area (Å²) < 4.78 is 31.4. The number of esters is 1. The molecule has 1 amide bonds. The number of sulfonamides is 1. The lowest BCUT2D eigenvalue weighted by atomic mass is 10.2. The molecule has 0 fully saturated rings. The van der Waals surface area contributed by atoms with E-state index in [1.54, 1.807) is 6.92 Å². The maximum Gasteiger partial charge on any atom is 0.338 e. The fraction of sp³-hybridized carbons (Fsp3) is 0.429. The van der Waals surface area contributed by atoms with Gasteiger partial charge in [0.1, 0.15) is 0 Å². The van der Waals surface area contributed by atoms with Gasteiger partial charge in [0.05, 0.1) is 10.5 Å². The van der Waals surface area contributed by atoms with E-state index in [1.807, 2.05) is 6.92 Å². The summed E-state index contributed by atoms with van der Waals surface area (Å²) in [5, 5.41) is 2.32. The Balaban J connectivity index is 2.78. The number of likely N-dealkylation sites (N-methyl/N-ethyl adjacent to an activating group) is 1. The Morgan fingerprint density at radius 1 is 1.23 bits per heavy atom. The molecule has 1 atom stereocenters. The van der Waals surface area contributed by atoms with Crippen molar-refractivity contribution in [3.63, 3.8) is 0 Å². The molecular weight excluding hydrogens is 308 g/mol. The van der Waals surface area contributed by atoms with Crippen molar-refractivity contribution in [1.82, 2.24) is 10.0 Å². The van der Waals surface area contributed by atoms with Crippen LogP contribution in [0.4, 0.5) is 0 Å². The molecular formula is C14H20N2O5S. The van der Waals surface area contributed by atoms with E-state index in [0.717, 1.165) is 0 Å². The van der Waals surface area contributed by atoms with Crippen molar-refractivity contribution >= 4 is 21.9 Å². The highest BCUT2D eigenvalue weighted by Crippen LogP contribution is 2.12. The average Bonchev–Trinajstić information content (AvgIpc) is 2.51. The molecule has 1 rings (SSSR count). The topological polar surface area (TPSA) is 102 Å². The minimum atomic E-state index is -3.61. The number of hydrogen-bond acceptors (Lipinski definition) is 5. The Labute approximate surface area is 130 Å². The van der Waals surface area contributed by atoms with E-state index < -0.39 is 21.9 Å². The average molecular weight is 328 g/mol. The first-order valence-corrected chi connectivity index (χ1v) is 8.28. The predicted octanol–water partition coefficient (Wildman–Crippen LogP) is 0.666. The van der Waals surface area contributed by atoms with Crippen molar-refractivity contribution in [1.29, 1.82) is 0 Å². The van der Waals surface area contributed by atoms with E-state index in [2.05, 4.69) is 10.0 Å². The summed E-state index contributed by atoms with van der Waals surface area (Å²) in [4.78, 5) is 22.7. The van der Waals surface area contributed by atoms with Crippen molar-refractivity contribution in [2.45, 2.75) is 31.2 Å². The molecule has 2 N–H and O–H groups in total. The Bertz CT molecular complexity index is 625. The maximum atomic E-state index is 12.1. The standard InChI is InChI=1S/C14H20N2O5S/c1-4-10(2)16-22(19,20)12-7-5-11(6-8-12)14(18)21-9-13(17)15-3/h5-8,10,16H,4,9H2,1-3H3,(H,15,17)/t10-/m1/s1. The second-order valence-electron chi connectivity index (χ2n) is 4.70. The van der Waals surface area contributed by atoms with Gasteiger partial charge in [-0.1, -0.05) is 6.92 Å². The third kappa shape index (κ3) is 5.12. The molecule has 0 heterocycles. The summed E-state index contributed by atoms with van der Waals surface area (Å²) in [7, 11) is -2.18. The van der Waals surface area contributed by atoms with Crippen molar-refractivity contribution in [3.05, 3.63) is 29.8 Å². The summed E-state index contributed by atoms with van der Waals surface area (Å²) >= 11 is 0. The molecule has 0 unspecified atom stereocenters. The molecule has 22 heavy (non-hydrogen) atoms. The molecule has 0 bridgehead atoms. The predicted molar refractivity (Wildman–Crippen MR) is 80.9 cm³/mol. The first-order valence-electron chi connectivity index (χ1n) is 6.80. The molecule has 0 aliphatic rings. The van der Waals surface area contributed by atoms with E-state index >= 15 is 0 Å². The van der Waals surface area contributed by atoms with Crippen molar-refractivity contribution in [2.75, 3.05) is 13.7 Å². The van der Waals surface area contributed by atoms with Crippen LogP contribution in [0.3, 0.4) is 0 Å². The summed E-state index contributed by atoms with van der Waals surface area (Å²) in [5.74, 6) is -1.12. The van der Waals surface area contributed by atoms with E-state index in [0.29, 0.717) is 6.42 Å². The molecule has 7 nitrogen and oxygen atoms in total. The maximum absolute atomic E-state index is 12.1. The van der Waals surface area contributed by atoms with Gasteiger partial charge in [-0.25, -0.2) is 17.9 Å². The van der Waals surface area contributed by atoms with Crippen LogP contribution in [-0.2, 0) is 19.6 Å². The largest absolute Gasteiger partial charge is 0.452 e. The second kappa shape index (κ2) is 7.90. The van der Waals surface area contributed by atoms with Gasteiger partial charge >= 0.3 is 5.97 Å². The van der Waals surface area contributed by atoms with Gasteiger partial charge in [0, 0.05) is 13.1 Å². The van der Waals surface area contributed by atoms with Gasteiger partial charge in [-0.05, 0) is 37.6 Å². The molecule has 0 spiro atoms. The molecule has 0 aromatic heterocycles. The summed E-state index contributed by atoms with van der Waals surface area (Å²) in [6, 6.07) is 5.15. The molecule has 1 aromatic carbocycles. The lowest BCUT2D eigenvalue weighted by Crippen LogP contribution is -2.32. The monoisotopic (exact) mass is 328 g/mol. The van der Waals surface area contributed by atoms with Crippen molar-refractivity contribution in [3.8, 4) is 0 Å². The summed E-state index contributed by atoms with van der Waals surface area (Å²) in [6.07, 6.45) is 0.670. The van der Waals surface area contributed by atoms with E-state index in [1.165, 1.54) is 31.3 Å². The molecule has 0 saturated heterocycles. The van der Waals surface area contributed by atoms with Crippen molar-refractivity contribution < 1.29 is 22.7 Å². The number of amides is 1. The number of hydrogen-bond donors (Lipinski definition) is 2. The molecule has 8 heteroatoms. The number of nitrogens with one attached hydrogen (secondary N) is 2. The molecule has 0 aliphatic carbocycles.